The van der Waals surface area contributed by atoms with Gasteiger partial charge in [-0.25, -0.2) is 0 Å². The van der Waals surface area contributed by atoms with Gasteiger partial charge in [-0.15, -0.1) is 0 Å². The number of aliphatic imine (C=N–C) groups is 1. The summed E-state index contributed by atoms with van der Waals surface area (Å²) in [5.74, 6) is 2.45. The van der Waals surface area contributed by atoms with E-state index in [0.717, 1.165) is 49.2 Å². The van der Waals surface area contributed by atoms with Crippen LogP contribution in [0.5, 0.6) is 11.5 Å². The van der Waals surface area contributed by atoms with E-state index in [0.29, 0.717) is 13.3 Å². The van der Waals surface area contributed by atoms with Crippen LogP contribution in [0.3, 0.4) is 0 Å². The Labute approximate surface area is 150 Å². The van der Waals surface area contributed by atoms with Crippen molar-refractivity contribution < 1.29 is 9.47 Å². The lowest BCUT2D eigenvalue weighted by molar-refractivity contribution is 0.174. The predicted molar refractivity (Wildman–Crippen MR) is 99.3 cm³/mol. The van der Waals surface area contributed by atoms with Crippen LogP contribution in [0.15, 0.2) is 23.2 Å². The first-order chi connectivity index (χ1) is 12.2. The molecule has 0 radical (unpaired) electrons. The fourth-order valence-electron chi connectivity index (χ4n) is 3.11. The monoisotopic (exact) mass is 347 g/mol. The maximum Gasteiger partial charge on any atom is 0.231 e. The molecule has 7 nitrogen and oxygen atoms in total. The van der Waals surface area contributed by atoms with Crippen molar-refractivity contribution in [2.24, 2.45) is 4.99 Å². The maximum atomic E-state index is 5.42. The molecule has 2 aliphatic heterocycles. The Bertz CT molecular complexity index is 593. The summed E-state index contributed by atoms with van der Waals surface area (Å²) in [5.41, 5.74) is 1.14. The van der Waals surface area contributed by atoms with Gasteiger partial charge in [-0.3, -0.25) is 4.99 Å². The minimum Gasteiger partial charge on any atom is -0.454 e. The number of likely N-dealkylation sites (N-methyl/N-ethyl adjacent to an activating group) is 1. The van der Waals surface area contributed by atoms with Crippen LogP contribution in [0, 0.1) is 0 Å². The van der Waals surface area contributed by atoms with Gasteiger partial charge in [0.05, 0.1) is 0 Å². The van der Waals surface area contributed by atoms with E-state index in [-0.39, 0.29) is 0 Å². The highest BCUT2D eigenvalue weighted by molar-refractivity contribution is 5.79. The summed E-state index contributed by atoms with van der Waals surface area (Å²) in [6, 6.07) is 6.00. The third kappa shape index (κ3) is 5.24. The van der Waals surface area contributed by atoms with Crippen molar-refractivity contribution >= 4 is 5.96 Å². The van der Waals surface area contributed by atoms with Crippen LogP contribution < -0.4 is 20.1 Å². The van der Waals surface area contributed by atoms with Gasteiger partial charge >= 0.3 is 0 Å². The van der Waals surface area contributed by atoms with E-state index in [2.05, 4.69) is 32.5 Å². The molecule has 7 heteroatoms. The summed E-state index contributed by atoms with van der Waals surface area (Å²) in [4.78, 5) is 9.22. The second kappa shape index (κ2) is 8.92. The third-order valence-electron chi connectivity index (χ3n) is 4.65. The average Bonchev–Trinajstić information content (AvgIpc) is 2.99. The Hall–Kier alpha value is -1.99. The molecule has 0 spiro atoms. The second-order valence-corrected chi connectivity index (χ2v) is 6.54. The van der Waals surface area contributed by atoms with Gasteiger partial charge in [-0.05, 0) is 44.3 Å². The van der Waals surface area contributed by atoms with E-state index in [9.17, 15) is 0 Å². The summed E-state index contributed by atoms with van der Waals surface area (Å²) in [5, 5.41) is 6.75. The molecule has 0 aliphatic carbocycles. The van der Waals surface area contributed by atoms with Crippen molar-refractivity contribution in [1.29, 1.82) is 0 Å². The summed E-state index contributed by atoms with van der Waals surface area (Å²) < 4.78 is 10.8. The summed E-state index contributed by atoms with van der Waals surface area (Å²) >= 11 is 0. The number of hydrogen-bond acceptors (Lipinski definition) is 5. The summed E-state index contributed by atoms with van der Waals surface area (Å²) in [6.07, 6.45) is 1.24. The minimum atomic E-state index is 0.307. The molecule has 2 aliphatic rings. The fourth-order valence-corrected chi connectivity index (χ4v) is 3.11. The van der Waals surface area contributed by atoms with Crippen molar-refractivity contribution in [2.75, 3.05) is 60.2 Å². The van der Waals surface area contributed by atoms with Crippen molar-refractivity contribution in [3.8, 4) is 11.5 Å². The zero-order chi connectivity index (χ0) is 17.5. The first-order valence-corrected chi connectivity index (χ1v) is 8.98. The first-order valence-electron chi connectivity index (χ1n) is 8.98. The third-order valence-corrected chi connectivity index (χ3v) is 4.65. The number of guanidine groups is 1. The van der Waals surface area contributed by atoms with Gasteiger partial charge in [-0.1, -0.05) is 6.07 Å². The molecule has 1 aromatic rings. The molecule has 1 fully saturated rings. The maximum absolute atomic E-state index is 5.42. The van der Waals surface area contributed by atoms with Gasteiger partial charge in [0.2, 0.25) is 6.79 Å². The van der Waals surface area contributed by atoms with E-state index in [1.165, 1.54) is 19.5 Å². The summed E-state index contributed by atoms with van der Waals surface area (Å²) in [6.45, 7) is 7.60. The standard InChI is InChI=1S/C18H29N5O2/c1-19-18(20-6-9-23-8-3-7-22(2)10-11-23)21-13-15-4-5-16-17(12-15)25-14-24-16/h4-5,12H,3,6-11,13-14H2,1-2H3,(H2,19,20,21). The lowest BCUT2D eigenvalue weighted by Gasteiger charge is -2.21. The molecular weight excluding hydrogens is 318 g/mol. The van der Waals surface area contributed by atoms with Gasteiger partial charge < -0.3 is 29.9 Å². The van der Waals surface area contributed by atoms with Gasteiger partial charge in [0, 0.05) is 39.8 Å². The molecule has 3 rings (SSSR count). The van der Waals surface area contributed by atoms with Crippen molar-refractivity contribution in [2.45, 2.75) is 13.0 Å². The normalized spacial score (nSPS) is 18.9. The molecule has 0 amide bonds. The second-order valence-electron chi connectivity index (χ2n) is 6.54. The number of nitrogens with one attached hydrogen (secondary N) is 2. The minimum absolute atomic E-state index is 0.307. The smallest absolute Gasteiger partial charge is 0.231 e. The zero-order valence-electron chi connectivity index (χ0n) is 15.3. The van der Waals surface area contributed by atoms with Gasteiger partial charge in [-0.2, -0.15) is 0 Å². The summed E-state index contributed by atoms with van der Waals surface area (Å²) in [7, 11) is 4.00. The molecular formula is C18H29N5O2. The van der Waals surface area contributed by atoms with Crippen LogP contribution in [-0.2, 0) is 6.54 Å². The quantitative estimate of drug-likeness (QED) is 0.605. The fraction of sp³-hybridized carbons (Fsp3) is 0.611. The topological polar surface area (TPSA) is 61.4 Å². The molecule has 25 heavy (non-hydrogen) atoms. The van der Waals surface area contributed by atoms with Crippen molar-refractivity contribution in [3.63, 3.8) is 0 Å². The lowest BCUT2D eigenvalue weighted by atomic mass is 10.2. The van der Waals surface area contributed by atoms with Crippen LogP contribution in [0.25, 0.3) is 0 Å². The number of fused-ring (bicyclic) bond motifs is 1. The number of nitrogens with zero attached hydrogens (tertiary/aromatic N) is 3. The molecule has 0 saturated carbocycles. The lowest BCUT2D eigenvalue weighted by Crippen LogP contribution is -2.42. The first kappa shape index (κ1) is 17.8. The van der Waals surface area contributed by atoms with Crippen LogP contribution in [0.4, 0.5) is 0 Å². The molecule has 1 aromatic carbocycles. The van der Waals surface area contributed by atoms with E-state index < -0.39 is 0 Å². The molecule has 2 N–H and O–H groups in total. The Kier molecular flexibility index (Phi) is 6.36. The van der Waals surface area contributed by atoms with E-state index in [4.69, 9.17) is 9.47 Å². The van der Waals surface area contributed by atoms with Gasteiger partial charge in [0.15, 0.2) is 17.5 Å². The van der Waals surface area contributed by atoms with Crippen LogP contribution >= 0.6 is 0 Å². The van der Waals surface area contributed by atoms with Crippen LogP contribution in [0.2, 0.25) is 0 Å². The van der Waals surface area contributed by atoms with E-state index >= 15 is 0 Å². The number of ether oxygens (including phenoxy) is 2. The molecule has 1 saturated heterocycles. The Morgan fingerprint density at radius 2 is 2.00 bits per heavy atom. The molecule has 0 atom stereocenters. The van der Waals surface area contributed by atoms with E-state index in [1.54, 1.807) is 7.05 Å². The number of benzene rings is 1. The van der Waals surface area contributed by atoms with Crippen molar-refractivity contribution in [3.05, 3.63) is 23.8 Å². The Morgan fingerprint density at radius 3 is 2.88 bits per heavy atom. The van der Waals surface area contributed by atoms with E-state index in [1.807, 2.05) is 18.2 Å². The van der Waals surface area contributed by atoms with Gasteiger partial charge in [0.1, 0.15) is 0 Å². The Morgan fingerprint density at radius 1 is 1.12 bits per heavy atom. The molecule has 0 aromatic heterocycles. The highest BCUT2D eigenvalue weighted by atomic mass is 16.7. The number of hydrogen-bond donors (Lipinski definition) is 2. The molecule has 138 valence electrons. The SMILES string of the molecule is CN=C(NCCN1CCCN(C)CC1)NCc1ccc2c(c1)OCO2. The predicted octanol–water partition coefficient (Wildman–Crippen LogP) is 0.718. The van der Waals surface area contributed by atoms with Crippen molar-refractivity contribution in [1.82, 2.24) is 20.4 Å². The average molecular weight is 347 g/mol. The van der Waals surface area contributed by atoms with Crippen LogP contribution in [-0.4, -0.2) is 75.9 Å². The molecule has 0 unspecified atom stereocenters. The Balaban J connectivity index is 1.39. The highest BCUT2D eigenvalue weighted by Gasteiger charge is 2.14. The largest absolute Gasteiger partial charge is 0.454 e. The van der Waals surface area contributed by atoms with Crippen LogP contribution in [0.1, 0.15) is 12.0 Å². The molecule has 2 heterocycles. The highest BCUT2D eigenvalue weighted by Crippen LogP contribution is 2.32. The molecule has 0 bridgehead atoms. The number of rotatable bonds is 5. The van der Waals surface area contributed by atoms with Gasteiger partial charge in [0.25, 0.3) is 0 Å². The zero-order valence-corrected chi connectivity index (χ0v) is 15.3.